The van der Waals surface area contributed by atoms with Gasteiger partial charge in [0, 0.05) is 6.54 Å². The van der Waals surface area contributed by atoms with Crippen LogP contribution in [-0.4, -0.2) is 11.7 Å². The van der Waals surface area contributed by atoms with Crippen molar-refractivity contribution in [2.75, 3.05) is 6.54 Å². The summed E-state index contributed by atoms with van der Waals surface area (Å²) in [7, 11) is 0. The molecule has 6 heteroatoms. The lowest BCUT2D eigenvalue weighted by atomic mass is 10.1. The van der Waals surface area contributed by atoms with Crippen molar-refractivity contribution in [1.82, 2.24) is 5.32 Å². The number of aryl methyl sites for hydroxylation is 1. The van der Waals surface area contributed by atoms with Crippen LogP contribution < -0.4 is 5.32 Å². The predicted octanol–water partition coefficient (Wildman–Crippen LogP) is 3.43. The zero-order chi connectivity index (χ0) is 15.5. The Kier molecular flexibility index (Phi) is 4.69. The Morgan fingerprint density at radius 3 is 2.33 bits per heavy atom. The molecule has 1 aromatic heterocycles. The van der Waals surface area contributed by atoms with Crippen LogP contribution in [0, 0.1) is 6.92 Å². The van der Waals surface area contributed by atoms with E-state index in [1.165, 1.54) is 12.1 Å². The molecular formula is C15H16F3NO2. The maximum absolute atomic E-state index is 12.4. The van der Waals surface area contributed by atoms with E-state index in [4.69, 9.17) is 4.42 Å². The Morgan fingerprint density at radius 1 is 1.14 bits per heavy atom. The van der Waals surface area contributed by atoms with Crippen molar-refractivity contribution < 1.29 is 22.7 Å². The Bertz CT molecular complexity index is 575. The van der Waals surface area contributed by atoms with Crippen molar-refractivity contribution >= 4 is 0 Å². The molecule has 3 nitrogen and oxygen atoms in total. The fourth-order valence-corrected chi connectivity index (χ4v) is 1.92. The van der Waals surface area contributed by atoms with Crippen molar-refractivity contribution in [3.8, 4) is 0 Å². The van der Waals surface area contributed by atoms with E-state index in [2.05, 4.69) is 5.32 Å². The maximum atomic E-state index is 12.4. The van der Waals surface area contributed by atoms with Gasteiger partial charge in [0.15, 0.2) is 0 Å². The number of rotatable bonds is 5. The maximum Gasteiger partial charge on any atom is 0.416 e. The summed E-state index contributed by atoms with van der Waals surface area (Å²) in [5.41, 5.74) is -0.288. The molecule has 0 spiro atoms. The van der Waals surface area contributed by atoms with Crippen LogP contribution in [0.25, 0.3) is 0 Å². The number of hydrogen-bond donors (Lipinski definition) is 2. The standard InChI is InChI=1S/C15H16F3NO2/c1-10-2-7-13(21-10)8-19-9-14(20)11-3-5-12(6-4-11)15(16,17)18/h2-7,14,19-20H,8-9H2,1H3. The van der Waals surface area contributed by atoms with Gasteiger partial charge in [0.2, 0.25) is 0 Å². The van der Waals surface area contributed by atoms with E-state index in [1.807, 2.05) is 19.1 Å². The van der Waals surface area contributed by atoms with Crippen LogP contribution in [0.5, 0.6) is 0 Å². The largest absolute Gasteiger partial charge is 0.465 e. The Labute approximate surface area is 120 Å². The Balaban J connectivity index is 1.87. The molecule has 2 N–H and O–H groups in total. The molecule has 1 atom stereocenters. The summed E-state index contributed by atoms with van der Waals surface area (Å²) in [6.45, 7) is 2.51. The fourth-order valence-electron chi connectivity index (χ4n) is 1.92. The molecule has 0 aliphatic carbocycles. The van der Waals surface area contributed by atoms with Crippen LogP contribution in [0.4, 0.5) is 13.2 Å². The minimum absolute atomic E-state index is 0.227. The molecule has 0 fully saturated rings. The van der Waals surface area contributed by atoms with Gasteiger partial charge >= 0.3 is 6.18 Å². The predicted molar refractivity (Wildman–Crippen MR) is 71.6 cm³/mol. The van der Waals surface area contributed by atoms with Gasteiger partial charge in [0.05, 0.1) is 18.2 Å². The summed E-state index contributed by atoms with van der Waals surface area (Å²) in [5.74, 6) is 1.54. The van der Waals surface area contributed by atoms with E-state index >= 15 is 0 Å². The molecule has 0 radical (unpaired) electrons. The lowest BCUT2D eigenvalue weighted by Crippen LogP contribution is -2.21. The molecule has 1 heterocycles. The highest BCUT2D eigenvalue weighted by Crippen LogP contribution is 2.29. The molecule has 1 aromatic carbocycles. The van der Waals surface area contributed by atoms with E-state index in [-0.39, 0.29) is 6.54 Å². The van der Waals surface area contributed by atoms with Crippen molar-refractivity contribution in [2.24, 2.45) is 0 Å². The molecular weight excluding hydrogens is 283 g/mol. The van der Waals surface area contributed by atoms with Gasteiger partial charge in [-0.05, 0) is 36.8 Å². The number of aliphatic hydroxyl groups is 1. The van der Waals surface area contributed by atoms with Crippen LogP contribution in [0.3, 0.4) is 0 Å². The smallest absolute Gasteiger partial charge is 0.416 e. The second kappa shape index (κ2) is 6.32. The number of furan rings is 1. The zero-order valence-corrected chi connectivity index (χ0v) is 11.4. The normalized spacial score (nSPS) is 13.4. The number of hydrogen-bond acceptors (Lipinski definition) is 3. The van der Waals surface area contributed by atoms with Crippen LogP contribution >= 0.6 is 0 Å². The molecule has 2 aromatic rings. The second-order valence-electron chi connectivity index (χ2n) is 4.78. The monoisotopic (exact) mass is 299 g/mol. The molecule has 21 heavy (non-hydrogen) atoms. The fraction of sp³-hybridized carbons (Fsp3) is 0.333. The lowest BCUT2D eigenvalue weighted by molar-refractivity contribution is -0.137. The minimum atomic E-state index is -4.36. The summed E-state index contributed by atoms with van der Waals surface area (Å²) < 4.78 is 42.6. The highest BCUT2D eigenvalue weighted by molar-refractivity contribution is 5.26. The van der Waals surface area contributed by atoms with E-state index in [1.54, 1.807) is 0 Å². The third-order valence-electron chi connectivity index (χ3n) is 3.06. The first-order chi connectivity index (χ1) is 9.86. The second-order valence-corrected chi connectivity index (χ2v) is 4.78. The molecule has 1 unspecified atom stereocenters. The van der Waals surface area contributed by atoms with Crippen LogP contribution in [0.1, 0.15) is 28.8 Å². The van der Waals surface area contributed by atoms with Crippen molar-refractivity contribution in [2.45, 2.75) is 25.7 Å². The van der Waals surface area contributed by atoms with Gasteiger partial charge in [-0.25, -0.2) is 0 Å². The highest BCUT2D eigenvalue weighted by Gasteiger charge is 2.30. The molecule has 0 amide bonds. The average Bonchev–Trinajstić information content (AvgIpc) is 2.83. The molecule has 0 aliphatic heterocycles. The summed E-state index contributed by atoms with van der Waals surface area (Å²) in [6, 6.07) is 8.16. The molecule has 0 saturated carbocycles. The summed E-state index contributed by atoms with van der Waals surface area (Å²) >= 11 is 0. The number of halogens is 3. The average molecular weight is 299 g/mol. The van der Waals surface area contributed by atoms with Crippen LogP contribution in [0.2, 0.25) is 0 Å². The Hall–Kier alpha value is -1.79. The summed E-state index contributed by atoms with van der Waals surface area (Å²) in [6.07, 6.45) is -5.23. The van der Waals surface area contributed by atoms with Gasteiger partial charge in [0.1, 0.15) is 11.5 Å². The molecule has 114 valence electrons. The van der Waals surface area contributed by atoms with Crippen LogP contribution in [-0.2, 0) is 12.7 Å². The first-order valence-corrected chi connectivity index (χ1v) is 6.47. The topological polar surface area (TPSA) is 45.4 Å². The van der Waals surface area contributed by atoms with Gasteiger partial charge in [-0.2, -0.15) is 13.2 Å². The highest BCUT2D eigenvalue weighted by atomic mass is 19.4. The minimum Gasteiger partial charge on any atom is -0.465 e. The summed E-state index contributed by atoms with van der Waals surface area (Å²) in [5, 5.41) is 12.9. The van der Waals surface area contributed by atoms with Gasteiger partial charge in [-0.3, -0.25) is 0 Å². The van der Waals surface area contributed by atoms with E-state index in [0.717, 1.165) is 23.7 Å². The van der Waals surface area contributed by atoms with E-state index in [0.29, 0.717) is 12.1 Å². The van der Waals surface area contributed by atoms with Crippen molar-refractivity contribution in [1.29, 1.82) is 0 Å². The summed E-state index contributed by atoms with van der Waals surface area (Å²) in [4.78, 5) is 0. The molecule has 0 bridgehead atoms. The number of aliphatic hydroxyl groups excluding tert-OH is 1. The number of alkyl halides is 3. The third kappa shape index (κ3) is 4.34. The molecule has 2 rings (SSSR count). The SMILES string of the molecule is Cc1ccc(CNCC(O)c2ccc(C(F)(F)F)cc2)o1. The van der Waals surface area contributed by atoms with Gasteiger partial charge < -0.3 is 14.8 Å². The van der Waals surface area contributed by atoms with Gasteiger partial charge in [-0.1, -0.05) is 12.1 Å². The van der Waals surface area contributed by atoms with Gasteiger partial charge in [-0.15, -0.1) is 0 Å². The first-order valence-electron chi connectivity index (χ1n) is 6.47. The van der Waals surface area contributed by atoms with Crippen molar-refractivity contribution in [3.05, 3.63) is 59.0 Å². The van der Waals surface area contributed by atoms with Crippen LogP contribution in [0.15, 0.2) is 40.8 Å². The molecule has 0 aliphatic rings. The Morgan fingerprint density at radius 2 is 1.81 bits per heavy atom. The van der Waals surface area contributed by atoms with E-state index < -0.39 is 17.8 Å². The van der Waals surface area contributed by atoms with E-state index in [9.17, 15) is 18.3 Å². The first kappa shape index (κ1) is 15.6. The van der Waals surface area contributed by atoms with Gasteiger partial charge in [0.25, 0.3) is 0 Å². The zero-order valence-electron chi connectivity index (χ0n) is 11.4. The molecule has 0 saturated heterocycles. The number of benzene rings is 1. The third-order valence-corrected chi connectivity index (χ3v) is 3.06. The quantitative estimate of drug-likeness (QED) is 0.889. The lowest BCUT2D eigenvalue weighted by Gasteiger charge is -2.13. The number of nitrogens with one attached hydrogen (secondary N) is 1. The van der Waals surface area contributed by atoms with Crippen molar-refractivity contribution in [3.63, 3.8) is 0 Å².